The Morgan fingerprint density at radius 1 is 1.09 bits per heavy atom. The Kier molecular flexibility index (Phi) is 5.71. The highest BCUT2D eigenvalue weighted by Gasteiger charge is 2.32. The van der Waals surface area contributed by atoms with Gasteiger partial charge in [-0.15, -0.1) is 21.5 Å². The zero-order chi connectivity index (χ0) is 24.0. The smallest absolute Gasteiger partial charge is 0.227 e. The van der Waals surface area contributed by atoms with Gasteiger partial charge in [-0.25, -0.2) is 0 Å². The molecule has 0 fully saturated rings. The van der Waals surface area contributed by atoms with Gasteiger partial charge in [-0.3, -0.25) is 14.4 Å². The number of rotatable bonds is 4. The summed E-state index contributed by atoms with van der Waals surface area (Å²) in [5.41, 5.74) is 11.0. The number of nitrogens with two attached hydrogens (primary N) is 1. The Bertz CT molecular complexity index is 1420. The van der Waals surface area contributed by atoms with Crippen LogP contribution in [0, 0.1) is 20.8 Å². The number of aryl methyl sites for hydroxylation is 2. The van der Waals surface area contributed by atoms with Crippen LogP contribution in [0.4, 0.5) is 11.4 Å². The summed E-state index contributed by atoms with van der Waals surface area (Å²) in [4.78, 5) is 19.3. The maximum atomic E-state index is 13.0. The third-order valence-electron chi connectivity index (χ3n) is 5.93. The Hall–Kier alpha value is -3.49. The number of nitrogens with one attached hydrogen (secondary N) is 1. The zero-order valence-corrected chi connectivity index (χ0v) is 20.5. The minimum absolute atomic E-state index is 0.118. The first-order valence-corrected chi connectivity index (χ1v) is 12.0. The highest BCUT2D eigenvalue weighted by molar-refractivity contribution is 7.15. The van der Waals surface area contributed by atoms with Crippen molar-refractivity contribution >= 4 is 45.9 Å². The van der Waals surface area contributed by atoms with E-state index in [1.54, 1.807) is 35.6 Å². The van der Waals surface area contributed by atoms with E-state index in [0.717, 1.165) is 33.2 Å². The van der Waals surface area contributed by atoms with Crippen LogP contribution in [-0.4, -0.2) is 26.4 Å². The number of aliphatic imine (C=N–C) groups is 1. The summed E-state index contributed by atoms with van der Waals surface area (Å²) in [6.45, 7) is 6.12. The Morgan fingerprint density at radius 3 is 2.50 bits per heavy atom. The van der Waals surface area contributed by atoms with Gasteiger partial charge >= 0.3 is 0 Å². The molecule has 1 unspecified atom stereocenters. The molecule has 1 aliphatic rings. The van der Waals surface area contributed by atoms with E-state index in [1.165, 1.54) is 4.88 Å². The number of nitrogen functional groups attached to an aromatic ring is 1. The lowest BCUT2D eigenvalue weighted by Crippen LogP contribution is -2.17. The number of halogens is 1. The monoisotopic (exact) mass is 490 g/mol. The van der Waals surface area contributed by atoms with Gasteiger partial charge in [0.2, 0.25) is 5.91 Å². The van der Waals surface area contributed by atoms with Crippen LogP contribution in [0.15, 0.2) is 53.5 Å². The molecule has 1 amide bonds. The number of benzene rings is 2. The highest BCUT2D eigenvalue weighted by atomic mass is 35.5. The van der Waals surface area contributed by atoms with Crippen molar-refractivity contribution in [3.8, 4) is 5.00 Å². The number of hydrogen-bond donors (Lipinski definition) is 2. The molecule has 172 valence electrons. The largest absolute Gasteiger partial charge is 0.399 e. The van der Waals surface area contributed by atoms with Gasteiger partial charge in [-0.2, -0.15) is 0 Å². The molecule has 5 rings (SSSR count). The van der Waals surface area contributed by atoms with Crippen LogP contribution in [-0.2, 0) is 4.79 Å². The van der Waals surface area contributed by atoms with Gasteiger partial charge in [0.15, 0.2) is 5.82 Å². The molecule has 2 aromatic carbocycles. The van der Waals surface area contributed by atoms with Gasteiger partial charge in [0.1, 0.15) is 16.9 Å². The van der Waals surface area contributed by atoms with E-state index >= 15 is 0 Å². The van der Waals surface area contributed by atoms with E-state index in [2.05, 4.69) is 29.4 Å². The van der Waals surface area contributed by atoms with Crippen LogP contribution in [0.3, 0.4) is 0 Å². The molecular weight excluding hydrogens is 468 g/mol. The normalized spacial score (nSPS) is 14.7. The number of amides is 1. The van der Waals surface area contributed by atoms with E-state index in [-0.39, 0.29) is 12.3 Å². The second kappa shape index (κ2) is 8.70. The zero-order valence-electron chi connectivity index (χ0n) is 19.0. The van der Waals surface area contributed by atoms with Crippen molar-refractivity contribution in [3.05, 3.63) is 86.8 Å². The molecule has 34 heavy (non-hydrogen) atoms. The average Bonchev–Trinajstić information content (AvgIpc) is 3.28. The van der Waals surface area contributed by atoms with Crippen molar-refractivity contribution in [3.63, 3.8) is 0 Å². The molecule has 9 heteroatoms. The Labute approximate surface area is 206 Å². The molecule has 3 heterocycles. The molecule has 2 aromatic heterocycles. The van der Waals surface area contributed by atoms with Crippen molar-refractivity contribution < 1.29 is 4.79 Å². The third-order valence-corrected chi connectivity index (χ3v) is 7.37. The maximum absolute atomic E-state index is 13.0. The second-order valence-electron chi connectivity index (χ2n) is 8.28. The van der Waals surface area contributed by atoms with Gasteiger partial charge in [0, 0.05) is 32.4 Å². The molecule has 0 bridgehead atoms. The van der Waals surface area contributed by atoms with Crippen LogP contribution in [0.2, 0.25) is 5.02 Å². The SMILES string of the molecule is Cc1sc2c(c1C)C(c1ccc(Cl)cc1)=NC(CC(=O)Nc1ccc(N)cc1)c1nnc(C)n1-2. The Morgan fingerprint density at radius 2 is 1.79 bits per heavy atom. The summed E-state index contributed by atoms with van der Waals surface area (Å²) in [5.74, 6) is 1.24. The van der Waals surface area contributed by atoms with E-state index in [4.69, 9.17) is 22.3 Å². The number of nitrogens with zero attached hydrogens (tertiary/aromatic N) is 4. The topological polar surface area (TPSA) is 98.2 Å². The van der Waals surface area contributed by atoms with Gasteiger partial charge < -0.3 is 11.1 Å². The fourth-order valence-electron chi connectivity index (χ4n) is 4.09. The van der Waals surface area contributed by atoms with Crippen LogP contribution < -0.4 is 11.1 Å². The summed E-state index contributed by atoms with van der Waals surface area (Å²) >= 11 is 7.84. The van der Waals surface area contributed by atoms with Gasteiger partial charge in [0.25, 0.3) is 0 Å². The van der Waals surface area contributed by atoms with Gasteiger partial charge in [-0.05, 0) is 62.7 Å². The van der Waals surface area contributed by atoms with Crippen molar-refractivity contribution in [2.24, 2.45) is 4.99 Å². The minimum atomic E-state index is -0.514. The molecule has 0 aliphatic carbocycles. The number of carbonyl (C=O) groups is 1. The lowest BCUT2D eigenvalue weighted by atomic mass is 9.99. The number of anilines is 2. The van der Waals surface area contributed by atoms with Crippen molar-refractivity contribution in [2.45, 2.75) is 33.2 Å². The first-order valence-electron chi connectivity index (χ1n) is 10.8. The number of hydrogen-bond acceptors (Lipinski definition) is 6. The average molecular weight is 491 g/mol. The third kappa shape index (κ3) is 3.99. The second-order valence-corrected chi connectivity index (χ2v) is 9.92. The molecule has 1 atom stereocenters. The molecule has 3 N–H and O–H groups in total. The van der Waals surface area contributed by atoms with Crippen molar-refractivity contribution in [2.75, 3.05) is 11.1 Å². The molecule has 0 radical (unpaired) electrons. The van der Waals surface area contributed by atoms with E-state index < -0.39 is 6.04 Å². The first-order chi connectivity index (χ1) is 16.3. The van der Waals surface area contributed by atoms with Gasteiger partial charge in [0.05, 0.1) is 12.1 Å². The number of fused-ring (bicyclic) bond motifs is 3. The van der Waals surface area contributed by atoms with Crippen molar-refractivity contribution in [1.82, 2.24) is 14.8 Å². The molecule has 7 nitrogen and oxygen atoms in total. The molecule has 0 saturated heterocycles. The molecular formula is C25H23ClN6OS. The lowest BCUT2D eigenvalue weighted by Gasteiger charge is -2.13. The van der Waals surface area contributed by atoms with Crippen molar-refractivity contribution in [1.29, 1.82) is 0 Å². The molecule has 0 spiro atoms. The maximum Gasteiger partial charge on any atom is 0.227 e. The minimum Gasteiger partial charge on any atom is -0.399 e. The fourth-order valence-corrected chi connectivity index (χ4v) is 5.43. The lowest BCUT2D eigenvalue weighted by molar-refractivity contribution is -0.116. The number of carbonyl (C=O) groups excluding carboxylic acids is 1. The molecule has 1 aliphatic heterocycles. The summed E-state index contributed by atoms with van der Waals surface area (Å²) in [6, 6.07) is 14.2. The van der Waals surface area contributed by atoms with E-state index in [1.807, 2.05) is 35.8 Å². The number of thiophene rings is 1. The number of aromatic nitrogens is 3. The Balaban J connectivity index is 1.61. The van der Waals surface area contributed by atoms with E-state index in [0.29, 0.717) is 22.2 Å². The summed E-state index contributed by atoms with van der Waals surface area (Å²) < 4.78 is 2.04. The molecule has 4 aromatic rings. The van der Waals surface area contributed by atoms with Crippen LogP contribution in [0.1, 0.15) is 45.7 Å². The summed E-state index contributed by atoms with van der Waals surface area (Å²) in [5, 5.41) is 13.4. The van der Waals surface area contributed by atoms with Crippen LogP contribution in [0.5, 0.6) is 0 Å². The fraction of sp³-hybridized carbons (Fsp3) is 0.200. The predicted molar refractivity (Wildman–Crippen MR) is 137 cm³/mol. The molecule has 0 saturated carbocycles. The standard InChI is InChI=1S/C25H23ClN6OS/c1-13-14(2)34-25-22(13)23(16-4-6-17(26)7-5-16)29-20(24-31-30-15(3)32(24)25)12-21(33)28-19-10-8-18(27)9-11-19/h4-11,20H,12,27H2,1-3H3,(H,28,33). The highest BCUT2D eigenvalue weighted by Crippen LogP contribution is 2.39. The quantitative estimate of drug-likeness (QED) is 0.373. The van der Waals surface area contributed by atoms with Crippen LogP contribution in [0.25, 0.3) is 5.00 Å². The summed E-state index contributed by atoms with van der Waals surface area (Å²) in [7, 11) is 0. The predicted octanol–water partition coefficient (Wildman–Crippen LogP) is 5.41. The first kappa shape index (κ1) is 22.3. The van der Waals surface area contributed by atoms with E-state index in [9.17, 15) is 4.79 Å². The van der Waals surface area contributed by atoms with Gasteiger partial charge in [-0.1, -0.05) is 23.7 Å². The summed E-state index contributed by atoms with van der Waals surface area (Å²) in [6.07, 6.45) is 0.118. The van der Waals surface area contributed by atoms with Crippen LogP contribution >= 0.6 is 22.9 Å².